The first-order chi connectivity index (χ1) is 3.79. The average molecular weight is 148 g/mol. The first-order valence-corrected chi connectivity index (χ1v) is 2.89. The molecule has 0 fully saturated rings. The summed E-state index contributed by atoms with van der Waals surface area (Å²) in [6, 6.07) is 7.75. The first kappa shape index (κ1) is 9.57. The monoisotopic (exact) mass is 148 g/mol. The Balaban J connectivity index is 0.000000640. The Bertz CT molecular complexity index is 152. The molecule has 1 aromatic rings. The summed E-state index contributed by atoms with van der Waals surface area (Å²) in [5.41, 5.74) is 1.24. The molecule has 0 saturated carbocycles. The summed E-state index contributed by atoms with van der Waals surface area (Å²) in [7, 11) is 2.04. The van der Waals surface area contributed by atoms with Crippen LogP contribution in [0.3, 0.4) is 0 Å². The van der Waals surface area contributed by atoms with E-state index >= 15 is 0 Å². The molecular weight excluding hydrogens is 141 g/mol. The number of benzene rings is 1. The molecule has 0 unspecified atom stereocenters. The van der Waals surface area contributed by atoms with Gasteiger partial charge in [0.1, 0.15) is 7.85 Å². The van der Waals surface area contributed by atoms with Gasteiger partial charge in [-0.25, -0.2) is 0 Å². The van der Waals surface area contributed by atoms with Crippen LogP contribution in [-0.2, 0) is 0 Å². The SMILES string of the molecule is Bc1ccc(Cl)cc1.[NaH]. The quantitative estimate of drug-likeness (QED) is 0.453. The van der Waals surface area contributed by atoms with Crippen molar-refractivity contribution in [2.45, 2.75) is 0 Å². The van der Waals surface area contributed by atoms with E-state index in [-0.39, 0.29) is 29.6 Å². The number of rotatable bonds is 0. The average Bonchev–Trinajstić information content (AvgIpc) is 1.77. The molecule has 0 spiro atoms. The van der Waals surface area contributed by atoms with E-state index < -0.39 is 0 Å². The van der Waals surface area contributed by atoms with Gasteiger partial charge in [0.2, 0.25) is 0 Å². The third-order valence-electron chi connectivity index (χ3n) is 1.01. The number of halogens is 1. The van der Waals surface area contributed by atoms with Crippen molar-refractivity contribution in [1.29, 1.82) is 0 Å². The van der Waals surface area contributed by atoms with Crippen LogP contribution in [0.15, 0.2) is 24.3 Å². The van der Waals surface area contributed by atoms with Gasteiger partial charge in [-0.15, -0.1) is 0 Å². The van der Waals surface area contributed by atoms with Crippen LogP contribution in [0.5, 0.6) is 0 Å². The standard InChI is InChI=1S/C6H6BCl.Na.H/c7-5-1-3-6(8)4-2-5;;/h1-4H,7H2;;. The summed E-state index contributed by atoms with van der Waals surface area (Å²) < 4.78 is 0. The fourth-order valence-corrected chi connectivity index (χ4v) is 0.659. The molecule has 3 heteroatoms. The maximum atomic E-state index is 5.61. The van der Waals surface area contributed by atoms with E-state index in [9.17, 15) is 0 Å². The van der Waals surface area contributed by atoms with E-state index in [1.54, 1.807) is 0 Å². The zero-order valence-electron chi connectivity index (χ0n) is 4.69. The van der Waals surface area contributed by atoms with Crippen molar-refractivity contribution >= 4 is 54.5 Å². The van der Waals surface area contributed by atoms with Gasteiger partial charge in [-0.3, -0.25) is 0 Å². The second kappa shape index (κ2) is 4.40. The van der Waals surface area contributed by atoms with E-state index in [0.29, 0.717) is 0 Å². The topological polar surface area (TPSA) is 0 Å². The molecule has 0 aliphatic rings. The second-order valence-electron chi connectivity index (χ2n) is 1.80. The fourth-order valence-electron chi connectivity index (χ4n) is 0.533. The molecule has 0 aromatic heterocycles. The molecule has 0 radical (unpaired) electrons. The van der Waals surface area contributed by atoms with Crippen molar-refractivity contribution in [2.24, 2.45) is 0 Å². The van der Waals surface area contributed by atoms with Crippen LogP contribution >= 0.6 is 11.6 Å². The van der Waals surface area contributed by atoms with Gasteiger partial charge in [-0.1, -0.05) is 29.2 Å². The minimum atomic E-state index is 0. The fraction of sp³-hybridized carbons (Fsp3) is 0. The first-order valence-electron chi connectivity index (χ1n) is 2.51. The molecule has 0 bridgehead atoms. The van der Waals surface area contributed by atoms with Crippen LogP contribution in [0.25, 0.3) is 0 Å². The van der Waals surface area contributed by atoms with Gasteiger partial charge in [0.15, 0.2) is 0 Å². The summed E-state index contributed by atoms with van der Waals surface area (Å²) >= 11 is 5.61. The second-order valence-corrected chi connectivity index (χ2v) is 2.23. The molecule has 0 aliphatic carbocycles. The van der Waals surface area contributed by atoms with Gasteiger partial charge < -0.3 is 0 Å². The van der Waals surface area contributed by atoms with Crippen molar-refractivity contribution in [1.82, 2.24) is 0 Å². The minimum absolute atomic E-state index is 0. The molecule has 0 aliphatic heterocycles. The molecule has 0 saturated heterocycles. The van der Waals surface area contributed by atoms with Gasteiger partial charge in [-0.2, -0.15) is 0 Å². The van der Waals surface area contributed by atoms with Gasteiger partial charge in [-0.05, 0) is 12.1 Å². The van der Waals surface area contributed by atoms with E-state index in [1.165, 1.54) is 5.46 Å². The Morgan fingerprint density at radius 3 is 1.89 bits per heavy atom. The van der Waals surface area contributed by atoms with Gasteiger partial charge >= 0.3 is 29.6 Å². The summed E-state index contributed by atoms with van der Waals surface area (Å²) in [5, 5.41) is 0.801. The maximum absolute atomic E-state index is 5.61. The summed E-state index contributed by atoms with van der Waals surface area (Å²) in [5.74, 6) is 0. The molecule has 1 aromatic carbocycles. The molecule has 0 N–H and O–H groups in total. The van der Waals surface area contributed by atoms with Gasteiger partial charge in [0.25, 0.3) is 0 Å². The third kappa shape index (κ3) is 3.31. The van der Waals surface area contributed by atoms with Crippen LogP contribution in [0.4, 0.5) is 0 Å². The van der Waals surface area contributed by atoms with Crippen molar-refractivity contribution < 1.29 is 0 Å². The number of hydrogen-bond acceptors (Lipinski definition) is 0. The Morgan fingerprint density at radius 2 is 1.56 bits per heavy atom. The molecule has 42 valence electrons. The van der Waals surface area contributed by atoms with E-state index in [0.717, 1.165) is 5.02 Å². The molecule has 0 nitrogen and oxygen atoms in total. The summed E-state index contributed by atoms with van der Waals surface area (Å²) in [6.45, 7) is 0. The Labute approximate surface area is 83.3 Å². The zero-order chi connectivity index (χ0) is 5.98. The zero-order valence-corrected chi connectivity index (χ0v) is 5.44. The van der Waals surface area contributed by atoms with Crippen LogP contribution in [-0.4, -0.2) is 37.4 Å². The van der Waals surface area contributed by atoms with Crippen molar-refractivity contribution in [3.05, 3.63) is 29.3 Å². The van der Waals surface area contributed by atoms with Crippen molar-refractivity contribution in [3.8, 4) is 0 Å². The van der Waals surface area contributed by atoms with Crippen LogP contribution in [0.2, 0.25) is 5.02 Å². The molecule has 0 atom stereocenters. The normalized spacial score (nSPS) is 8.11. The Hall–Kier alpha value is 0.575. The molecule has 1 rings (SSSR count). The molecule has 9 heavy (non-hydrogen) atoms. The Morgan fingerprint density at radius 1 is 1.11 bits per heavy atom. The van der Waals surface area contributed by atoms with Gasteiger partial charge in [0.05, 0.1) is 0 Å². The Kier molecular flexibility index (Phi) is 4.68. The van der Waals surface area contributed by atoms with E-state index in [2.05, 4.69) is 0 Å². The van der Waals surface area contributed by atoms with Crippen molar-refractivity contribution in [2.75, 3.05) is 0 Å². The van der Waals surface area contributed by atoms with E-state index in [4.69, 9.17) is 11.6 Å². The molecule has 0 amide bonds. The summed E-state index contributed by atoms with van der Waals surface area (Å²) in [4.78, 5) is 0. The third-order valence-corrected chi connectivity index (χ3v) is 1.26. The number of hydrogen-bond donors (Lipinski definition) is 0. The van der Waals surface area contributed by atoms with Crippen LogP contribution in [0, 0.1) is 0 Å². The molecular formula is C6H7BClNa. The van der Waals surface area contributed by atoms with E-state index in [1.807, 2.05) is 32.1 Å². The molecule has 0 heterocycles. The predicted octanol–water partition coefficient (Wildman–Crippen LogP) is -0.0501. The summed E-state index contributed by atoms with van der Waals surface area (Å²) in [6.07, 6.45) is 0. The van der Waals surface area contributed by atoms with Crippen LogP contribution < -0.4 is 5.46 Å². The van der Waals surface area contributed by atoms with Crippen LogP contribution in [0.1, 0.15) is 0 Å². The van der Waals surface area contributed by atoms with Gasteiger partial charge in [0, 0.05) is 5.02 Å². The van der Waals surface area contributed by atoms with Crippen molar-refractivity contribution in [3.63, 3.8) is 0 Å². The predicted molar refractivity (Wildman–Crippen MR) is 46.8 cm³/mol.